The summed E-state index contributed by atoms with van der Waals surface area (Å²) in [7, 11) is 4.37. The largest absolute Gasteiger partial charge is 0.396 e. The highest BCUT2D eigenvalue weighted by Crippen LogP contribution is 2.36. The van der Waals surface area contributed by atoms with Crippen molar-refractivity contribution in [1.82, 2.24) is 9.88 Å². The molecule has 0 aromatic carbocycles. The van der Waals surface area contributed by atoms with Crippen LogP contribution in [0.15, 0.2) is 12.3 Å². The number of nitrogen functional groups attached to an aromatic ring is 1. The first kappa shape index (κ1) is 15.1. The number of rotatable bonds is 4. The smallest absolute Gasteiger partial charge is 0.149 e. The summed E-state index contributed by atoms with van der Waals surface area (Å²) in [6.07, 6.45) is 6.99. The second-order valence-corrected chi connectivity index (χ2v) is 6.62. The van der Waals surface area contributed by atoms with Crippen LogP contribution >= 0.6 is 0 Å². The quantitative estimate of drug-likeness (QED) is 0.888. The molecule has 4 nitrogen and oxygen atoms in total. The Morgan fingerprint density at radius 1 is 1.50 bits per heavy atom. The number of aromatic nitrogens is 1. The molecule has 0 radical (unpaired) electrons. The maximum Gasteiger partial charge on any atom is 0.149 e. The molecular formula is C16H28N4. The summed E-state index contributed by atoms with van der Waals surface area (Å²) in [5, 5.41) is 3.47. The summed E-state index contributed by atoms with van der Waals surface area (Å²) in [4.78, 5) is 6.79. The van der Waals surface area contributed by atoms with Gasteiger partial charge in [-0.25, -0.2) is 4.98 Å². The lowest BCUT2D eigenvalue weighted by atomic mass is 9.75. The highest BCUT2D eigenvalue weighted by atomic mass is 15.2. The van der Waals surface area contributed by atoms with E-state index < -0.39 is 0 Å². The molecule has 20 heavy (non-hydrogen) atoms. The van der Waals surface area contributed by atoms with E-state index in [0.717, 1.165) is 29.5 Å². The van der Waals surface area contributed by atoms with Gasteiger partial charge < -0.3 is 16.0 Å². The van der Waals surface area contributed by atoms with Crippen LogP contribution in [-0.2, 0) is 0 Å². The zero-order valence-electron chi connectivity index (χ0n) is 13.2. The van der Waals surface area contributed by atoms with Crippen LogP contribution < -0.4 is 11.1 Å². The van der Waals surface area contributed by atoms with Gasteiger partial charge in [0.2, 0.25) is 0 Å². The van der Waals surface area contributed by atoms with Crippen molar-refractivity contribution >= 4 is 11.5 Å². The number of hydrogen-bond donors (Lipinski definition) is 2. The fraction of sp³-hybridized carbons (Fsp3) is 0.688. The van der Waals surface area contributed by atoms with Gasteiger partial charge in [0, 0.05) is 18.3 Å². The summed E-state index contributed by atoms with van der Waals surface area (Å²) in [5.74, 6) is 1.60. The first-order valence-corrected chi connectivity index (χ1v) is 7.56. The monoisotopic (exact) mass is 276 g/mol. The minimum absolute atomic E-state index is 0.219. The number of anilines is 2. The minimum atomic E-state index is 0.219. The lowest BCUT2D eigenvalue weighted by Crippen LogP contribution is -2.52. The van der Waals surface area contributed by atoms with E-state index in [1.165, 1.54) is 25.7 Å². The number of nitrogens with zero attached hydrogens (tertiary/aromatic N) is 2. The van der Waals surface area contributed by atoms with Gasteiger partial charge in [-0.2, -0.15) is 0 Å². The molecular weight excluding hydrogens is 248 g/mol. The Labute approximate surface area is 122 Å². The third-order valence-corrected chi connectivity index (χ3v) is 4.65. The van der Waals surface area contributed by atoms with Crippen LogP contribution in [0.1, 0.15) is 38.2 Å². The van der Waals surface area contributed by atoms with Crippen LogP contribution in [0.2, 0.25) is 0 Å². The average molecular weight is 276 g/mol. The van der Waals surface area contributed by atoms with E-state index >= 15 is 0 Å². The Balaban J connectivity index is 2.09. The number of aryl methyl sites for hydroxylation is 1. The molecule has 0 aliphatic heterocycles. The summed E-state index contributed by atoms with van der Waals surface area (Å²) in [5.41, 5.74) is 8.10. The Morgan fingerprint density at radius 3 is 2.85 bits per heavy atom. The van der Waals surface area contributed by atoms with Crippen molar-refractivity contribution in [1.29, 1.82) is 0 Å². The van der Waals surface area contributed by atoms with Gasteiger partial charge in [0.15, 0.2) is 0 Å². The third-order valence-electron chi connectivity index (χ3n) is 4.65. The number of hydrogen-bond acceptors (Lipinski definition) is 4. The van der Waals surface area contributed by atoms with Crippen LogP contribution in [-0.4, -0.2) is 36.1 Å². The highest BCUT2D eigenvalue weighted by molar-refractivity contribution is 5.61. The second-order valence-electron chi connectivity index (χ2n) is 6.62. The van der Waals surface area contributed by atoms with E-state index in [9.17, 15) is 0 Å². The van der Waals surface area contributed by atoms with Crippen molar-refractivity contribution in [3.05, 3.63) is 17.8 Å². The molecule has 0 spiro atoms. The topological polar surface area (TPSA) is 54.2 Å². The van der Waals surface area contributed by atoms with Crippen LogP contribution in [0, 0.1) is 12.8 Å². The van der Waals surface area contributed by atoms with Gasteiger partial charge in [0.25, 0.3) is 0 Å². The summed E-state index contributed by atoms with van der Waals surface area (Å²) >= 11 is 0. The Hall–Kier alpha value is -1.29. The lowest BCUT2D eigenvalue weighted by molar-refractivity contribution is 0.0882. The maximum atomic E-state index is 6.04. The summed E-state index contributed by atoms with van der Waals surface area (Å²) in [6, 6.07) is 1.97. The fourth-order valence-corrected chi connectivity index (χ4v) is 3.34. The van der Waals surface area contributed by atoms with E-state index in [1.54, 1.807) is 0 Å². The van der Waals surface area contributed by atoms with Crippen molar-refractivity contribution in [3.8, 4) is 0 Å². The molecule has 1 aliphatic rings. The molecule has 1 aromatic rings. The van der Waals surface area contributed by atoms with Gasteiger partial charge in [0.05, 0.1) is 5.69 Å². The van der Waals surface area contributed by atoms with Gasteiger partial charge in [-0.3, -0.25) is 0 Å². The zero-order valence-corrected chi connectivity index (χ0v) is 13.2. The number of pyridine rings is 1. The van der Waals surface area contributed by atoms with Gasteiger partial charge in [-0.15, -0.1) is 0 Å². The van der Waals surface area contributed by atoms with E-state index in [4.69, 9.17) is 5.73 Å². The normalized spacial score (nSPS) is 26.8. The predicted octanol–water partition coefficient (Wildman–Crippen LogP) is 2.89. The summed E-state index contributed by atoms with van der Waals surface area (Å²) in [6.45, 7) is 5.28. The van der Waals surface area contributed by atoms with Gasteiger partial charge in [0.1, 0.15) is 5.82 Å². The van der Waals surface area contributed by atoms with E-state index in [1.807, 2.05) is 19.2 Å². The molecule has 0 saturated heterocycles. The van der Waals surface area contributed by atoms with Crippen LogP contribution in [0.25, 0.3) is 0 Å². The molecule has 1 aromatic heterocycles. The molecule has 1 fully saturated rings. The zero-order chi connectivity index (χ0) is 14.8. The van der Waals surface area contributed by atoms with Gasteiger partial charge >= 0.3 is 0 Å². The van der Waals surface area contributed by atoms with Gasteiger partial charge in [-0.1, -0.05) is 19.8 Å². The Bertz CT molecular complexity index is 458. The molecule has 0 bridgehead atoms. The predicted molar refractivity (Wildman–Crippen MR) is 85.9 cm³/mol. The Morgan fingerprint density at radius 2 is 2.25 bits per heavy atom. The summed E-state index contributed by atoms with van der Waals surface area (Å²) < 4.78 is 0. The van der Waals surface area contributed by atoms with Crippen molar-refractivity contribution < 1.29 is 0 Å². The molecule has 2 atom stereocenters. The molecule has 112 valence electrons. The number of likely N-dealkylation sites (N-methyl/N-ethyl adjacent to an activating group) is 1. The highest BCUT2D eigenvalue weighted by Gasteiger charge is 2.36. The molecule has 1 aliphatic carbocycles. The first-order valence-electron chi connectivity index (χ1n) is 7.56. The van der Waals surface area contributed by atoms with Crippen molar-refractivity contribution in [3.63, 3.8) is 0 Å². The Kier molecular flexibility index (Phi) is 4.53. The molecule has 2 rings (SSSR count). The molecule has 3 N–H and O–H groups in total. The molecule has 0 amide bonds. The molecule has 4 heteroatoms. The van der Waals surface area contributed by atoms with E-state index in [2.05, 4.69) is 36.2 Å². The van der Waals surface area contributed by atoms with Crippen molar-refractivity contribution in [2.75, 3.05) is 31.7 Å². The minimum Gasteiger partial charge on any atom is -0.396 e. The van der Waals surface area contributed by atoms with E-state index in [0.29, 0.717) is 0 Å². The molecule has 2 unspecified atom stereocenters. The first-order chi connectivity index (χ1) is 9.43. The fourth-order valence-electron chi connectivity index (χ4n) is 3.34. The number of nitrogens with two attached hydrogens (primary N) is 1. The third kappa shape index (κ3) is 3.23. The maximum absolute atomic E-state index is 6.04. The van der Waals surface area contributed by atoms with Crippen molar-refractivity contribution in [2.24, 2.45) is 5.92 Å². The SMILES string of the molecule is Cc1cnc(NCC2(N(C)C)CCCC(C)C2)c(N)c1. The average Bonchev–Trinajstić information content (AvgIpc) is 2.37. The number of nitrogens with one attached hydrogen (secondary N) is 1. The second kappa shape index (κ2) is 6.00. The van der Waals surface area contributed by atoms with Crippen molar-refractivity contribution in [2.45, 2.75) is 45.1 Å². The molecule has 1 heterocycles. The lowest BCUT2D eigenvalue weighted by Gasteiger charge is -2.45. The standard InChI is InChI=1S/C16H28N4/c1-12-6-5-7-16(9-12,20(3)4)11-19-15-14(17)8-13(2)10-18-15/h8,10,12H,5-7,9,11,17H2,1-4H3,(H,18,19). The van der Waals surface area contributed by atoms with Crippen LogP contribution in [0.3, 0.4) is 0 Å². The van der Waals surface area contributed by atoms with Crippen LogP contribution in [0.4, 0.5) is 11.5 Å². The van der Waals surface area contributed by atoms with Gasteiger partial charge in [-0.05, 0) is 51.4 Å². The van der Waals surface area contributed by atoms with Crippen LogP contribution in [0.5, 0.6) is 0 Å². The van der Waals surface area contributed by atoms with E-state index in [-0.39, 0.29) is 5.54 Å². The molecule has 1 saturated carbocycles.